The Hall–Kier alpha value is -0.470. The zero-order valence-electron chi connectivity index (χ0n) is 10.4. The number of rotatable bonds is 3. The van der Waals surface area contributed by atoms with Crippen molar-refractivity contribution in [2.24, 2.45) is 0 Å². The molecule has 1 saturated heterocycles. The van der Waals surface area contributed by atoms with Crippen LogP contribution in [0.25, 0.3) is 0 Å². The smallest absolute Gasteiger partial charge is 0.0406 e. The van der Waals surface area contributed by atoms with E-state index in [2.05, 4.69) is 50.4 Å². The summed E-state index contributed by atoms with van der Waals surface area (Å²) in [6.07, 6.45) is 2.54. The molecule has 1 unspecified atom stereocenters. The number of hydrogen-bond acceptors (Lipinski definition) is 2. The summed E-state index contributed by atoms with van der Waals surface area (Å²) >= 11 is 1.93. The van der Waals surface area contributed by atoms with E-state index >= 15 is 0 Å². The predicted octanol–water partition coefficient (Wildman–Crippen LogP) is 3.79. The molecule has 1 atom stereocenters. The molecule has 1 aromatic rings. The molecular weight excluding hydrogens is 214 g/mol. The van der Waals surface area contributed by atoms with Crippen LogP contribution in [-0.2, 0) is 5.54 Å². The Morgan fingerprint density at radius 2 is 1.94 bits per heavy atom. The third-order valence-corrected chi connectivity index (χ3v) is 4.25. The van der Waals surface area contributed by atoms with Gasteiger partial charge in [0, 0.05) is 15.7 Å². The van der Waals surface area contributed by atoms with Gasteiger partial charge in [-0.05, 0) is 44.0 Å². The Bertz CT molecular complexity index is 336. The average Bonchev–Trinajstić information content (AvgIpc) is 2.66. The molecular formula is C14H21NS. The third-order valence-electron chi connectivity index (χ3n) is 3.23. The summed E-state index contributed by atoms with van der Waals surface area (Å²) < 4.78 is 0. The maximum atomic E-state index is 3.60. The molecule has 0 saturated carbocycles. The first-order valence-electron chi connectivity index (χ1n) is 6.12. The summed E-state index contributed by atoms with van der Waals surface area (Å²) in [5.74, 6) is 0. The summed E-state index contributed by atoms with van der Waals surface area (Å²) in [6, 6.07) is 9.07. The fraction of sp³-hybridized carbons (Fsp3) is 0.571. The van der Waals surface area contributed by atoms with E-state index in [1.165, 1.54) is 23.3 Å². The molecule has 2 rings (SSSR count). The van der Waals surface area contributed by atoms with Crippen LogP contribution >= 0.6 is 11.8 Å². The minimum atomic E-state index is 0.209. The maximum absolute atomic E-state index is 3.60. The van der Waals surface area contributed by atoms with Crippen molar-refractivity contribution in [3.63, 3.8) is 0 Å². The van der Waals surface area contributed by atoms with E-state index in [0.29, 0.717) is 5.25 Å². The van der Waals surface area contributed by atoms with E-state index in [1.54, 1.807) is 0 Å². The van der Waals surface area contributed by atoms with E-state index in [0.717, 1.165) is 6.54 Å². The summed E-state index contributed by atoms with van der Waals surface area (Å²) in [5, 5.41) is 4.26. The van der Waals surface area contributed by atoms with E-state index in [9.17, 15) is 0 Å². The minimum Gasteiger partial charge on any atom is -0.308 e. The van der Waals surface area contributed by atoms with Gasteiger partial charge in [0.15, 0.2) is 0 Å². The van der Waals surface area contributed by atoms with Gasteiger partial charge in [0.05, 0.1) is 0 Å². The lowest BCUT2D eigenvalue weighted by Crippen LogP contribution is -2.32. The molecule has 1 aromatic carbocycles. The molecule has 2 heteroatoms. The highest BCUT2D eigenvalue weighted by atomic mass is 32.2. The molecule has 1 aliphatic rings. The lowest BCUT2D eigenvalue weighted by molar-refractivity contribution is 0.434. The monoisotopic (exact) mass is 235 g/mol. The summed E-state index contributed by atoms with van der Waals surface area (Å²) in [6.45, 7) is 7.93. The van der Waals surface area contributed by atoms with Crippen LogP contribution in [0.4, 0.5) is 0 Å². The highest BCUT2D eigenvalue weighted by molar-refractivity contribution is 7.99. The first-order chi connectivity index (χ1) is 7.60. The molecule has 0 bridgehead atoms. The minimum absolute atomic E-state index is 0.209. The number of hydrogen-bond donors (Lipinski definition) is 1. The lowest BCUT2D eigenvalue weighted by Gasteiger charge is -2.25. The van der Waals surface area contributed by atoms with Gasteiger partial charge < -0.3 is 5.32 Å². The second-order valence-corrected chi connectivity index (χ2v) is 6.70. The van der Waals surface area contributed by atoms with Crippen molar-refractivity contribution in [1.82, 2.24) is 5.32 Å². The van der Waals surface area contributed by atoms with Gasteiger partial charge in [0.2, 0.25) is 0 Å². The van der Waals surface area contributed by atoms with Crippen molar-refractivity contribution in [3.05, 3.63) is 29.8 Å². The molecule has 0 spiro atoms. The second kappa shape index (κ2) is 4.80. The maximum Gasteiger partial charge on any atom is 0.0406 e. The van der Waals surface area contributed by atoms with Gasteiger partial charge in [-0.25, -0.2) is 0 Å². The Morgan fingerprint density at radius 3 is 2.44 bits per heavy atom. The van der Waals surface area contributed by atoms with Crippen LogP contribution < -0.4 is 5.32 Å². The first kappa shape index (κ1) is 12.0. The van der Waals surface area contributed by atoms with E-state index < -0.39 is 0 Å². The van der Waals surface area contributed by atoms with E-state index in [4.69, 9.17) is 0 Å². The summed E-state index contributed by atoms with van der Waals surface area (Å²) in [7, 11) is 0. The standard InChI is InChI=1S/C14H21NS/c1-11(2)16-13-7-5-12(6-8-13)14(3)9-4-10-15-14/h5-8,11,15H,4,9-10H2,1-3H3. The Kier molecular flexibility index (Phi) is 3.60. The van der Waals surface area contributed by atoms with Gasteiger partial charge in [-0.3, -0.25) is 0 Å². The van der Waals surface area contributed by atoms with Crippen LogP contribution in [0.2, 0.25) is 0 Å². The van der Waals surface area contributed by atoms with Gasteiger partial charge in [-0.1, -0.05) is 26.0 Å². The Labute approximate surface area is 103 Å². The third kappa shape index (κ3) is 2.61. The van der Waals surface area contributed by atoms with Gasteiger partial charge in [0.25, 0.3) is 0 Å². The fourth-order valence-electron chi connectivity index (χ4n) is 2.31. The fourth-order valence-corrected chi connectivity index (χ4v) is 3.15. The predicted molar refractivity (Wildman–Crippen MR) is 72.0 cm³/mol. The van der Waals surface area contributed by atoms with Crippen molar-refractivity contribution in [1.29, 1.82) is 0 Å². The van der Waals surface area contributed by atoms with Crippen molar-refractivity contribution < 1.29 is 0 Å². The van der Waals surface area contributed by atoms with Crippen LogP contribution in [-0.4, -0.2) is 11.8 Å². The second-order valence-electron chi connectivity index (χ2n) is 5.05. The summed E-state index contributed by atoms with van der Waals surface area (Å²) in [4.78, 5) is 1.38. The number of nitrogens with one attached hydrogen (secondary N) is 1. The highest BCUT2D eigenvalue weighted by Crippen LogP contribution is 2.32. The van der Waals surface area contributed by atoms with Crippen molar-refractivity contribution in [2.75, 3.05) is 6.54 Å². The van der Waals surface area contributed by atoms with Gasteiger partial charge in [-0.15, -0.1) is 11.8 Å². The first-order valence-corrected chi connectivity index (χ1v) is 7.00. The normalized spacial score (nSPS) is 25.2. The van der Waals surface area contributed by atoms with Gasteiger partial charge in [-0.2, -0.15) is 0 Å². The average molecular weight is 235 g/mol. The van der Waals surface area contributed by atoms with E-state index in [-0.39, 0.29) is 5.54 Å². The van der Waals surface area contributed by atoms with Crippen LogP contribution in [0.5, 0.6) is 0 Å². The van der Waals surface area contributed by atoms with Crippen molar-refractivity contribution in [2.45, 2.75) is 49.3 Å². The Balaban J connectivity index is 2.12. The van der Waals surface area contributed by atoms with Crippen molar-refractivity contribution >= 4 is 11.8 Å². The SMILES string of the molecule is CC(C)Sc1ccc(C2(C)CCCN2)cc1. The van der Waals surface area contributed by atoms with Crippen LogP contribution in [0.3, 0.4) is 0 Å². The molecule has 0 aromatic heterocycles. The largest absolute Gasteiger partial charge is 0.308 e. The summed E-state index contributed by atoms with van der Waals surface area (Å²) in [5.41, 5.74) is 1.64. The molecule has 88 valence electrons. The topological polar surface area (TPSA) is 12.0 Å². The Morgan fingerprint density at radius 1 is 1.25 bits per heavy atom. The molecule has 1 aliphatic heterocycles. The van der Waals surface area contributed by atoms with Gasteiger partial charge >= 0.3 is 0 Å². The lowest BCUT2D eigenvalue weighted by atomic mass is 9.91. The molecule has 1 N–H and O–H groups in total. The molecule has 0 amide bonds. The zero-order valence-corrected chi connectivity index (χ0v) is 11.2. The van der Waals surface area contributed by atoms with Crippen LogP contribution in [0.15, 0.2) is 29.2 Å². The van der Waals surface area contributed by atoms with Gasteiger partial charge in [0.1, 0.15) is 0 Å². The number of thioether (sulfide) groups is 1. The quantitative estimate of drug-likeness (QED) is 0.800. The highest BCUT2D eigenvalue weighted by Gasteiger charge is 2.29. The molecule has 1 nitrogen and oxygen atoms in total. The van der Waals surface area contributed by atoms with Crippen LogP contribution in [0, 0.1) is 0 Å². The molecule has 0 radical (unpaired) electrons. The molecule has 1 heterocycles. The van der Waals surface area contributed by atoms with Crippen LogP contribution in [0.1, 0.15) is 39.2 Å². The molecule has 1 fully saturated rings. The molecule has 0 aliphatic carbocycles. The zero-order chi connectivity index (χ0) is 11.6. The molecule has 16 heavy (non-hydrogen) atoms. The number of benzene rings is 1. The van der Waals surface area contributed by atoms with Crippen molar-refractivity contribution in [3.8, 4) is 0 Å². The van der Waals surface area contributed by atoms with E-state index in [1.807, 2.05) is 11.8 Å².